The van der Waals surface area contributed by atoms with Crippen LogP contribution in [0.1, 0.15) is 28.8 Å². The highest BCUT2D eigenvalue weighted by molar-refractivity contribution is 7.08. The predicted molar refractivity (Wildman–Crippen MR) is 88.9 cm³/mol. The highest BCUT2D eigenvalue weighted by atomic mass is 32.1. The lowest BCUT2D eigenvalue weighted by Gasteiger charge is -2.06. The van der Waals surface area contributed by atoms with Gasteiger partial charge in [-0.3, -0.25) is 9.59 Å². The third-order valence-electron chi connectivity index (χ3n) is 2.96. The van der Waals surface area contributed by atoms with Crippen molar-refractivity contribution >= 4 is 28.8 Å². The number of amides is 2. The zero-order chi connectivity index (χ0) is 15.8. The number of carbonyl (C=O) groups is 2. The van der Waals surface area contributed by atoms with Crippen LogP contribution >= 0.6 is 11.3 Å². The number of nitrogens with one attached hydrogen (secondary N) is 2. The second-order valence-electron chi connectivity index (χ2n) is 4.64. The first-order chi connectivity index (χ1) is 10.7. The van der Waals surface area contributed by atoms with Crippen LogP contribution in [0.25, 0.3) is 0 Å². The largest absolute Gasteiger partial charge is 0.352 e. The fraction of sp³-hybridized carbons (Fsp3) is 0.176. The van der Waals surface area contributed by atoms with Gasteiger partial charge in [0.15, 0.2) is 0 Å². The van der Waals surface area contributed by atoms with Crippen molar-refractivity contribution in [3.05, 3.63) is 52.2 Å². The van der Waals surface area contributed by atoms with Crippen molar-refractivity contribution < 1.29 is 9.59 Å². The van der Waals surface area contributed by atoms with Crippen LogP contribution in [0.15, 0.2) is 41.1 Å². The first-order valence-corrected chi connectivity index (χ1v) is 7.80. The monoisotopic (exact) mass is 312 g/mol. The molecule has 0 bridgehead atoms. The van der Waals surface area contributed by atoms with Crippen LogP contribution in [0, 0.1) is 12.3 Å². The van der Waals surface area contributed by atoms with E-state index in [-0.39, 0.29) is 11.8 Å². The average molecular weight is 312 g/mol. The number of hydrogen-bond donors (Lipinski definition) is 2. The Bertz CT molecular complexity index is 687. The molecular formula is C17H16N2O2S. The summed E-state index contributed by atoms with van der Waals surface area (Å²) in [5.74, 6) is 2.31. The van der Waals surface area contributed by atoms with E-state index in [9.17, 15) is 9.59 Å². The number of anilines is 1. The van der Waals surface area contributed by atoms with Crippen molar-refractivity contribution in [2.24, 2.45) is 0 Å². The van der Waals surface area contributed by atoms with Crippen LogP contribution in [0.5, 0.6) is 0 Å². The number of terminal acetylenes is 1. The third-order valence-corrected chi connectivity index (χ3v) is 3.65. The molecule has 2 rings (SSSR count). The predicted octanol–water partition coefficient (Wildman–Crippen LogP) is 2.88. The van der Waals surface area contributed by atoms with E-state index in [1.165, 1.54) is 11.3 Å². The summed E-state index contributed by atoms with van der Waals surface area (Å²) in [6, 6.07) is 8.90. The molecule has 1 heterocycles. The molecule has 2 aromatic rings. The Labute approximate surface area is 133 Å². The molecule has 112 valence electrons. The van der Waals surface area contributed by atoms with Crippen LogP contribution in [0.4, 0.5) is 5.69 Å². The molecule has 5 heteroatoms. The van der Waals surface area contributed by atoms with Crippen molar-refractivity contribution in [1.82, 2.24) is 5.32 Å². The van der Waals surface area contributed by atoms with Gasteiger partial charge in [0, 0.05) is 35.2 Å². The van der Waals surface area contributed by atoms with Crippen LogP contribution < -0.4 is 10.6 Å². The van der Waals surface area contributed by atoms with Crippen molar-refractivity contribution in [1.29, 1.82) is 0 Å². The van der Waals surface area contributed by atoms with Crippen molar-refractivity contribution in [3.8, 4) is 12.3 Å². The van der Waals surface area contributed by atoms with E-state index in [1.54, 1.807) is 35.7 Å². The zero-order valence-corrected chi connectivity index (χ0v) is 12.8. The maximum atomic E-state index is 11.8. The molecule has 0 unspecified atom stereocenters. The molecule has 0 aliphatic rings. The summed E-state index contributed by atoms with van der Waals surface area (Å²) in [7, 11) is 0. The number of benzene rings is 1. The Morgan fingerprint density at radius 2 is 2.14 bits per heavy atom. The fourth-order valence-corrected chi connectivity index (χ4v) is 2.49. The van der Waals surface area contributed by atoms with Crippen molar-refractivity contribution in [3.63, 3.8) is 0 Å². The fourth-order valence-electron chi connectivity index (χ4n) is 1.86. The lowest BCUT2D eigenvalue weighted by molar-refractivity contribution is -0.116. The minimum absolute atomic E-state index is 0.0982. The second-order valence-corrected chi connectivity index (χ2v) is 5.42. The molecule has 0 saturated carbocycles. The Kier molecular flexibility index (Phi) is 5.75. The maximum absolute atomic E-state index is 11.8. The summed E-state index contributed by atoms with van der Waals surface area (Å²) in [6.07, 6.45) is 6.23. The molecule has 2 amide bonds. The van der Waals surface area contributed by atoms with Crippen LogP contribution in [-0.4, -0.2) is 18.4 Å². The number of rotatable bonds is 6. The number of hydrogen-bond acceptors (Lipinski definition) is 3. The minimum Gasteiger partial charge on any atom is -0.352 e. The summed E-state index contributed by atoms with van der Waals surface area (Å²) in [6.45, 7) is 0.465. The average Bonchev–Trinajstić information content (AvgIpc) is 3.06. The van der Waals surface area contributed by atoms with Gasteiger partial charge in [-0.05, 0) is 36.1 Å². The molecule has 22 heavy (non-hydrogen) atoms. The van der Waals surface area contributed by atoms with Gasteiger partial charge in [0.2, 0.25) is 5.91 Å². The minimum atomic E-state index is -0.108. The van der Waals surface area contributed by atoms with E-state index in [1.807, 2.05) is 5.38 Å². The molecule has 0 fully saturated rings. The maximum Gasteiger partial charge on any atom is 0.252 e. The summed E-state index contributed by atoms with van der Waals surface area (Å²) in [4.78, 5) is 23.5. The Hall–Kier alpha value is -2.58. The SMILES string of the molecule is C#Cc1cccc(NC(=O)CCCNC(=O)c2ccsc2)c1. The smallest absolute Gasteiger partial charge is 0.252 e. The van der Waals surface area contributed by atoms with Crippen LogP contribution in [0.2, 0.25) is 0 Å². The van der Waals surface area contributed by atoms with Gasteiger partial charge in [-0.2, -0.15) is 11.3 Å². The molecular weight excluding hydrogens is 296 g/mol. The van der Waals surface area contributed by atoms with E-state index < -0.39 is 0 Å². The van der Waals surface area contributed by atoms with E-state index in [2.05, 4.69) is 16.6 Å². The molecule has 2 N–H and O–H groups in total. The Morgan fingerprint density at radius 3 is 2.86 bits per heavy atom. The van der Waals surface area contributed by atoms with E-state index in [0.29, 0.717) is 30.6 Å². The normalized spacial score (nSPS) is 9.77. The van der Waals surface area contributed by atoms with E-state index in [4.69, 9.17) is 6.42 Å². The molecule has 4 nitrogen and oxygen atoms in total. The first kappa shape index (κ1) is 15.8. The number of thiophene rings is 1. The standard InChI is InChI=1S/C17H16N2O2S/c1-2-13-5-3-6-15(11-13)19-16(20)7-4-9-18-17(21)14-8-10-22-12-14/h1,3,5-6,8,10-12H,4,7,9H2,(H,18,21)(H,19,20). The zero-order valence-electron chi connectivity index (χ0n) is 12.0. The quantitative estimate of drug-likeness (QED) is 0.636. The summed E-state index contributed by atoms with van der Waals surface area (Å²) in [5.41, 5.74) is 2.06. The highest BCUT2D eigenvalue weighted by Gasteiger charge is 2.06. The first-order valence-electron chi connectivity index (χ1n) is 6.86. The van der Waals surface area contributed by atoms with E-state index in [0.717, 1.165) is 5.56 Å². The lowest BCUT2D eigenvalue weighted by atomic mass is 10.2. The van der Waals surface area contributed by atoms with Crippen molar-refractivity contribution in [2.75, 3.05) is 11.9 Å². The van der Waals surface area contributed by atoms with Gasteiger partial charge in [0.1, 0.15) is 0 Å². The topological polar surface area (TPSA) is 58.2 Å². The molecule has 1 aromatic heterocycles. The molecule has 0 aliphatic heterocycles. The third kappa shape index (κ3) is 4.76. The van der Waals surface area contributed by atoms with Gasteiger partial charge in [0.25, 0.3) is 5.91 Å². The highest BCUT2D eigenvalue weighted by Crippen LogP contribution is 2.10. The Balaban J connectivity index is 1.70. The summed E-state index contributed by atoms with van der Waals surface area (Å²) in [5, 5.41) is 9.22. The van der Waals surface area contributed by atoms with Gasteiger partial charge in [0.05, 0.1) is 0 Å². The second kappa shape index (κ2) is 8.01. The van der Waals surface area contributed by atoms with Gasteiger partial charge < -0.3 is 10.6 Å². The number of carbonyl (C=O) groups excluding carboxylic acids is 2. The van der Waals surface area contributed by atoms with E-state index >= 15 is 0 Å². The summed E-state index contributed by atoms with van der Waals surface area (Å²) >= 11 is 1.48. The summed E-state index contributed by atoms with van der Waals surface area (Å²) < 4.78 is 0. The molecule has 0 aliphatic carbocycles. The van der Waals surface area contributed by atoms with Crippen LogP contribution in [-0.2, 0) is 4.79 Å². The van der Waals surface area contributed by atoms with Gasteiger partial charge in [-0.1, -0.05) is 12.0 Å². The van der Waals surface area contributed by atoms with Crippen LogP contribution in [0.3, 0.4) is 0 Å². The molecule has 0 atom stereocenters. The molecule has 0 radical (unpaired) electrons. The van der Waals surface area contributed by atoms with Gasteiger partial charge in [-0.15, -0.1) is 6.42 Å². The van der Waals surface area contributed by atoms with Gasteiger partial charge in [-0.25, -0.2) is 0 Å². The Morgan fingerprint density at radius 1 is 1.27 bits per heavy atom. The molecule has 1 aromatic carbocycles. The van der Waals surface area contributed by atoms with Gasteiger partial charge >= 0.3 is 0 Å². The molecule has 0 saturated heterocycles. The lowest BCUT2D eigenvalue weighted by Crippen LogP contribution is -2.25. The van der Waals surface area contributed by atoms with Crippen molar-refractivity contribution in [2.45, 2.75) is 12.8 Å². The molecule has 0 spiro atoms.